The number of halogens is 1. The van der Waals surface area contributed by atoms with Crippen molar-refractivity contribution >= 4 is 0 Å². The molecular formula is C7H10FN3O2. The molecule has 1 rings (SSSR count). The molecule has 0 aromatic carbocycles. The molecule has 0 aliphatic heterocycles. The molecule has 1 atom stereocenters. The van der Waals surface area contributed by atoms with Crippen molar-refractivity contribution in [3.05, 3.63) is 32.9 Å². The van der Waals surface area contributed by atoms with Crippen LogP contribution in [0.4, 0.5) is 4.39 Å². The zero-order valence-corrected chi connectivity index (χ0v) is 7.08. The maximum atomic E-state index is 12.7. The van der Waals surface area contributed by atoms with Crippen LogP contribution < -0.4 is 17.0 Å². The fourth-order valence-corrected chi connectivity index (χ4v) is 0.929. The molecule has 0 fully saturated rings. The lowest BCUT2D eigenvalue weighted by Crippen LogP contribution is -2.35. The van der Waals surface area contributed by atoms with E-state index in [1.807, 2.05) is 4.98 Å². The summed E-state index contributed by atoms with van der Waals surface area (Å²) in [6.45, 7) is 1.85. The number of rotatable bonds is 2. The Labute approximate surface area is 73.0 Å². The molecule has 0 spiro atoms. The van der Waals surface area contributed by atoms with E-state index in [2.05, 4.69) is 0 Å². The van der Waals surface area contributed by atoms with Gasteiger partial charge in [0.1, 0.15) is 0 Å². The van der Waals surface area contributed by atoms with Crippen molar-refractivity contribution in [3.63, 3.8) is 0 Å². The summed E-state index contributed by atoms with van der Waals surface area (Å²) in [5, 5.41) is 0. The summed E-state index contributed by atoms with van der Waals surface area (Å²) in [5.74, 6) is -0.986. The van der Waals surface area contributed by atoms with Crippen LogP contribution in [0.25, 0.3) is 0 Å². The molecule has 6 heteroatoms. The van der Waals surface area contributed by atoms with E-state index >= 15 is 0 Å². The smallest absolute Gasteiger partial charge is 0.326 e. The number of aromatic nitrogens is 2. The molecule has 5 nitrogen and oxygen atoms in total. The van der Waals surface area contributed by atoms with E-state index in [1.54, 1.807) is 6.92 Å². The average Bonchev–Trinajstić information content (AvgIpc) is 1.99. The van der Waals surface area contributed by atoms with Crippen molar-refractivity contribution in [2.45, 2.75) is 19.5 Å². The number of nitrogens with two attached hydrogens (primary N) is 1. The summed E-state index contributed by atoms with van der Waals surface area (Å²) >= 11 is 0. The third kappa shape index (κ3) is 2.25. The zero-order chi connectivity index (χ0) is 10.0. The maximum absolute atomic E-state index is 12.7. The highest BCUT2D eigenvalue weighted by atomic mass is 19.1. The van der Waals surface area contributed by atoms with E-state index in [0.29, 0.717) is 0 Å². The third-order valence-corrected chi connectivity index (χ3v) is 1.45. The predicted molar refractivity (Wildman–Crippen MR) is 44.9 cm³/mol. The van der Waals surface area contributed by atoms with Gasteiger partial charge in [-0.1, -0.05) is 0 Å². The Balaban J connectivity index is 3.17. The minimum absolute atomic E-state index is 0.173. The van der Waals surface area contributed by atoms with Crippen molar-refractivity contribution in [2.75, 3.05) is 0 Å². The van der Waals surface area contributed by atoms with Crippen LogP contribution in [0.15, 0.2) is 15.8 Å². The van der Waals surface area contributed by atoms with Crippen LogP contribution in [0.2, 0.25) is 0 Å². The maximum Gasteiger partial charge on any atom is 0.328 e. The highest BCUT2D eigenvalue weighted by Gasteiger charge is 2.04. The number of nitrogens with one attached hydrogen (secondary N) is 1. The van der Waals surface area contributed by atoms with E-state index in [9.17, 15) is 14.0 Å². The van der Waals surface area contributed by atoms with E-state index in [4.69, 9.17) is 5.73 Å². The highest BCUT2D eigenvalue weighted by Crippen LogP contribution is 1.86. The standard InChI is InChI=1S/C7H10FN3O2/c1-4(9)2-11-3-5(8)6(12)10-7(11)13/h3-4H,2,9H2,1H3,(H,10,12,13). The first-order chi connectivity index (χ1) is 6.00. The van der Waals surface area contributed by atoms with Gasteiger partial charge in [0.15, 0.2) is 0 Å². The average molecular weight is 187 g/mol. The Morgan fingerprint density at radius 1 is 1.69 bits per heavy atom. The van der Waals surface area contributed by atoms with Crippen molar-refractivity contribution in [1.82, 2.24) is 9.55 Å². The van der Waals surface area contributed by atoms with Crippen LogP contribution in [0.3, 0.4) is 0 Å². The molecule has 0 amide bonds. The van der Waals surface area contributed by atoms with Gasteiger partial charge in [0, 0.05) is 12.6 Å². The van der Waals surface area contributed by atoms with Crippen molar-refractivity contribution in [2.24, 2.45) is 5.73 Å². The second-order valence-corrected chi connectivity index (χ2v) is 2.87. The van der Waals surface area contributed by atoms with Crippen molar-refractivity contribution in [1.29, 1.82) is 0 Å². The Morgan fingerprint density at radius 3 is 2.85 bits per heavy atom. The number of H-pyrrole nitrogens is 1. The van der Waals surface area contributed by atoms with Gasteiger partial charge in [-0.05, 0) is 6.92 Å². The first kappa shape index (κ1) is 9.66. The van der Waals surface area contributed by atoms with Gasteiger partial charge in [-0.2, -0.15) is 4.39 Å². The molecule has 3 N–H and O–H groups in total. The summed E-state index contributed by atoms with van der Waals surface area (Å²) in [7, 11) is 0. The van der Waals surface area contributed by atoms with Gasteiger partial charge in [0.25, 0.3) is 5.56 Å². The molecule has 0 aliphatic rings. The molecule has 0 bridgehead atoms. The fraction of sp³-hybridized carbons (Fsp3) is 0.429. The van der Waals surface area contributed by atoms with Crippen molar-refractivity contribution < 1.29 is 4.39 Å². The highest BCUT2D eigenvalue weighted by molar-refractivity contribution is 4.87. The largest absolute Gasteiger partial charge is 0.328 e. The quantitative estimate of drug-likeness (QED) is 0.624. The van der Waals surface area contributed by atoms with Crippen LogP contribution >= 0.6 is 0 Å². The number of aromatic amines is 1. The van der Waals surface area contributed by atoms with Crippen LogP contribution in [-0.2, 0) is 6.54 Å². The molecule has 1 heterocycles. The molecule has 13 heavy (non-hydrogen) atoms. The third-order valence-electron chi connectivity index (χ3n) is 1.45. The lowest BCUT2D eigenvalue weighted by atomic mass is 10.3. The van der Waals surface area contributed by atoms with Crippen LogP contribution in [0.5, 0.6) is 0 Å². The molecule has 0 radical (unpaired) electrons. The molecule has 72 valence electrons. The topological polar surface area (TPSA) is 80.9 Å². The molecule has 1 aromatic rings. The normalized spacial score (nSPS) is 12.8. The van der Waals surface area contributed by atoms with Crippen LogP contribution in [0, 0.1) is 5.82 Å². The Bertz CT molecular complexity index is 407. The van der Waals surface area contributed by atoms with Gasteiger partial charge in [-0.3, -0.25) is 14.3 Å². The van der Waals surface area contributed by atoms with E-state index in [1.165, 1.54) is 0 Å². The second-order valence-electron chi connectivity index (χ2n) is 2.87. The monoisotopic (exact) mass is 187 g/mol. The Hall–Kier alpha value is -1.43. The SMILES string of the molecule is CC(N)Cn1cc(F)c(=O)[nH]c1=O. The second kappa shape index (κ2) is 3.53. The summed E-state index contributed by atoms with van der Waals surface area (Å²) in [5.41, 5.74) is 3.75. The number of hydrogen-bond donors (Lipinski definition) is 2. The van der Waals surface area contributed by atoms with Crippen LogP contribution in [0.1, 0.15) is 6.92 Å². The molecular weight excluding hydrogens is 177 g/mol. The van der Waals surface area contributed by atoms with E-state index in [-0.39, 0.29) is 12.6 Å². The molecule has 1 unspecified atom stereocenters. The molecule has 0 saturated heterocycles. The summed E-state index contributed by atoms with van der Waals surface area (Å²) in [6.07, 6.45) is 0.852. The van der Waals surface area contributed by atoms with Gasteiger partial charge >= 0.3 is 5.69 Å². The van der Waals surface area contributed by atoms with E-state index < -0.39 is 17.1 Å². The van der Waals surface area contributed by atoms with Gasteiger partial charge in [-0.25, -0.2) is 4.79 Å². The van der Waals surface area contributed by atoms with Crippen molar-refractivity contribution in [3.8, 4) is 0 Å². The fourth-order valence-electron chi connectivity index (χ4n) is 0.929. The number of hydrogen-bond acceptors (Lipinski definition) is 3. The van der Waals surface area contributed by atoms with Gasteiger partial charge in [-0.15, -0.1) is 0 Å². The lowest BCUT2D eigenvalue weighted by Gasteiger charge is -2.06. The van der Waals surface area contributed by atoms with Gasteiger partial charge in [0.2, 0.25) is 5.82 Å². The predicted octanol–water partition coefficient (Wildman–Crippen LogP) is -0.977. The minimum atomic E-state index is -1.01. The molecule has 0 saturated carbocycles. The summed E-state index contributed by atoms with van der Waals surface area (Å²) < 4.78 is 13.7. The summed E-state index contributed by atoms with van der Waals surface area (Å²) in [6, 6.07) is -0.275. The minimum Gasteiger partial charge on any atom is -0.326 e. The number of nitrogens with zero attached hydrogens (tertiary/aromatic N) is 1. The van der Waals surface area contributed by atoms with Gasteiger partial charge < -0.3 is 5.73 Å². The van der Waals surface area contributed by atoms with E-state index in [0.717, 1.165) is 10.8 Å². The Morgan fingerprint density at radius 2 is 2.31 bits per heavy atom. The molecule has 0 aliphatic carbocycles. The lowest BCUT2D eigenvalue weighted by molar-refractivity contribution is 0.518. The summed E-state index contributed by atoms with van der Waals surface area (Å²) in [4.78, 5) is 23.4. The molecule has 1 aromatic heterocycles. The van der Waals surface area contributed by atoms with Crippen LogP contribution in [-0.4, -0.2) is 15.6 Å². The van der Waals surface area contributed by atoms with Gasteiger partial charge in [0.05, 0.1) is 6.20 Å². The Kier molecular flexibility index (Phi) is 2.62. The first-order valence-corrected chi connectivity index (χ1v) is 3.75. The first-order valence-electron chi connectivity index (χ1n) is 3.75. The zero-order valence-electron chi connectivity index (χ0n) is 7.08.